The molecule has 88 valence electrons. The molecule has 0 amide bonds. The highest BCUT2D eigenvalue weighted by Crippen LogP contribution is 2.23. The molecule has 0 unspecified atom stereocenters. The molecule has 2 heteroatoms. The molecule has 2 nitrogen and oxygen atoms in total. The van der Waals surface area contributed by atoms with Crippen LogP contribution in [0.5, 0.6) is 0 Å². The molecule has 1 fully saturated rings. The van der Waals surface area contributed by atoms with E-state index in [4.69, 9.17) is 5.73 Å². The maximum absolute atomic E-state index is 5.92. The summed E-state index contributed by atoms with van der Waals surface area (Å²) in [7, 11) is 0. The molecule has 0 heterocycles. The number of hydrogen-bond donors (Lipinski definition) is 2. The van der Waals surface area contributed by atoms with Gasteiger partial charge in [0.05, 0.1) is 0 Å². The van der Waals surface area contributed by atoms with Crippen molar-refractivity contribution in [2.75, 3.05) is 5.32 Å². The van der Waals surface area contributed by atoms with Crippen LogP contribution in [0, 0.1) is 13.8 Å². The Labute approximate surface area is 98.2 Å². The van der Waals surface area contributed by atoms with Crippen LogP contribution >= 0.6 is 0 Å². The minimum Gasteiger partial charge on any atom is -0.382 e. The fourth-order valence-electron chi connectivity index (χ4n) is 2.37. The summed E-state index contributed by atoms with van der Waals surface area (Å²) < 4.78 is 0. The average Bonchev–Trinajstić information content (AvgIpc) is 2.27. The van der Waals surface area contributed by atoms with Crippen LogP contribution in [0.15, 0.2) is 18.2 Å². The molecule has 0 radical (unpaired) electrons. The Morgan fingerprint density at radius 3 is 2.50 bits per heavy atom. The van der Waals surface area contributed by atoms with Crippen LogP contribution in [0.25, 0.3) is 0 Å². The standard InChI is InChI=1S/C14H22N2/c1-10-3-4-11(2)14(9-10)16-13-7-5-12(15)6-8-13/h3-4,9,12-13,16H,5-8,15H2,1-2H3. The lowest BCUT2D eigenvalue weighted by molar-refractivity contribution is 0.411. The highest BCUT2D eigenvalue weighted by molar-refractivity contribution is 5.53. The normalized spacial score (nSPS) is 25.4. The summed E-state index contributed by atoms with van der Waals surface area (Å²) in [6.07, 6.45) is 4.72. The van der Waals surface area contributed by atoms with Crippen LogP contribution in [-0.4, -0.2) is 12.1 Å². The number of rotatable bonds is 2. The van der Waals surface area contributed by atoms with Gasteiger partial charge < -0.3 is 11.1 Å². The van der Waals surface area contributed by atoms with Crippen LogP contribution in [0.4, 0.5) is 5.69 Å². The van der Waals surface area contributed by atoms with Crippen LogP contribution in [0.1, 0.15) is 36.8 Å². The first-order chi connectivity index (χ1) is 7.65. The van der Waals surface area contributed by atoms with E-state index in [0.29, 0.717) is 12.1 Å². The van der Waals surface area contributed by atoms with E-state index < -0.39 is 0 Å². The van der Waals surface area contributed by atoms with E-state index in [2.05, 4.69) is 37.4 Å². The molecule has 16 heavy (non-hydrogen) atoms. The van der Waals surface area contributed by atoms with Crippen molar-refractivity contribution in [2.45, 2.75) is 51.6 Å². The van der Waals surface area contributed by atoms with Gasteiger partial charge in [-0.15, -0.1) is 0 Å². The summed E-state index contributed by atoms with van der Waals surface area (Å²) in [6, 6.07) is 7.63. The first kappa shape index (κ1) is 11.5. The third-order valence-electron chi connectivity index (χ3n) is 3.52. The van der Waals surface area contributed by atoms with Gasteiger partial charge in [-0.05, 0) is 56.7 Å². The van der Waals surface area contributed by atoms with Gasteiger partial charge in [0.2, 0.25) is 0 Å². The fourth-order valence-corrected chi connectivity index (χ4v) is 2.37. The van der Waals surface area contributed by atoms with E-state index in [9.17, 15) is 0 Å². The topological polar surface area (TPSA) is 38.0 Å². The van der Waals surface area contributed by atoms with Crippen molar-refractivity contribution < 1.29 is 0 Å². The van der Waals surface area contributed by atoms with E-state index >= 15 is 0 Å². The minimum atomic E-state index is 0.427. The zero-order chi connectivity index (χ0) is 11.5. The molecule has 1 aliphatic rings. The molecule has 1 saturated carbocycles. The minimum absolute atomic E-state index is 0.427. The number of nitrogens with one attached hydrogen (secondary N) is 1. The zero-order valence-electron chi connectivity index (χ0n) is 10.3. The molecule has 2 rings (SSSR count). The molecule has 1 aliphatic carbocycles. The van der Waals surface area contributed by atoms with Gasteiger partial charge in [-0.3, -0.25) is 0 Å². The predicted octanol–water partition coefficient (Wildman–Crippen LogP) is 2.99. The molecule has 1 aromatic carbocycles. The number of hydrogen-bond acceptors (Lipinski definition) is 2. The molecular weight excluding hydrogens is 196 g/mol. The van der Waals surface area contributed by atoms with E-state index in [1.54, 1.807) is 0 Å². The predicted molar refractivity (Wildman–Crippen MR) is 69.8 cm³/mol. The first-order valence-corrected chi connectivity index (χ1v) is 6.24. The summed E-state index contributed by atoms with van der Waals surface area (Å²) in [5.74, 6) is 0. The summed E-state index contributed by atoms with van der Waals surface area (Å²) in [4.78, 5) is 0. The Hall–Kier alpha value is -1.02. The van der Waals surface area contributed by atoms with E-state index in [0.717, 1.165) is 12.8 Å². The van der Waals surface area contributed by atoms with Gasteiger partial charge >= 0.3 is 0 Å². The molecular formula is C14H22N2. The average molecular weight is 218 g/mol. The van der Waals surface area contributed by atoms with Gasteiger partial charge in [0.15, 0.2) is 0 Å². The third kappa shape index (κ3) is 2.76. The Morgan fingerprint density at radius 1 is 1.12 bits per heavy atom. The van der Waals surface area contributed by atoms with E-state index in [1.807, 2.05) is 0 Å². The molecule has 0 bridgehead atoms. The van der Waals surface area contributed by atoms with Gasteiger partial charge in [-0.2, -0.15) is 0 Å². The molecule has 0 spiro atoms. The van der Waals surface area contributed by atoms with Crippen LogP contribution in [-0.2, 0) is 0 Å². The van der Waals surface area contributed by atoms with E-state index in [-0.39, 0.29) is 0 Å². The van der Waals surface area contributed by atoms with Gasteiger partial charge in [0.1, 0.15) is 0 Å². The Morgan fingerprint density at radius 2 is 1.81 bits per heavy atom. The van der Waals surface area contributed by atoms with Crippen molar-refractivity contribution in [3.63, 3.8) is 0 Å². The van der Waals surface area contributed by atoms with E-state index in [1.165, 1.54) is 29.7 Å². The SMILES string of the molecule is Cc1ccc(C)c(NC2CCC(N)CC2)c1. The second-order valence-electron chi connectivity index (χ2n) is 5.07. The fraction of sp³-hybridized carbons (Fsp3) is 0.571. The summed E-state index contributed by atoms with van der Waals surface area (Å²) in [5.41, 5.74) is 9.86. The molecule has 0 aliphatic heterocycles. The number of nitrogens with two attached hydrogens (primary N) is 1. The van der Waals surface area contributed by atoms with Crippen molar-refractivity contribution in [2.24, 2.45) is 5.73 Å². The summed E-state index contributed by atoms with van der Waals surface area (Å²) >= 11 is 0. The first-order valence-electron chi connectivity index (χ1n) is 6.24. The summed E-state index contributed by atoms with van der Waals surface area (Å²) in [5, 5.41) is 3.65. The Kier molecular flexibility index (Phi) is 3.49. The maximum atomic E-state index is 5.92. The van der Waals surface area contributed by atoms with Crippen LogP contribution in [0.2, 0.25) is 0 Å². The molecule has 0 saturated heterocycles. The number of aryl methyl sites for hydroxylation is 2. The smallest absolute Gasteiger partial charge is 0.0374 e. The highest BCUT2D eigenvalue weighted by atomic mass is 14.9. The molecule has 3 N–H and O–H groups in total. The van der Waals surface area contributed by atoms with Crippen molar-refractivity contribution in [1.29, 1.82) is 0 Å². The second kappa shape index (κ2) is 4.88. The molecule has 1 aromatic rings. The zero-order valence-corrected chi connectivity index (χ0v) is 10.3. The van der Waals surface area contributed by atoms with Crippen LogP contribution in [0.3, 0.4) is 0 Å². The van der Waals surface area contributed by atoms with Crippen molar-refractivity contribution in [3.8, 4) is 0 Å². The quantitative estimate of drug-likeness (QED) is 0.801. The Balaban J connectivity index is 2.00. The van der Waals surface area contributed by atoms with Gasteiger partial charge in [-0.1, -0.05) is 12.1 Å². The van der Waals surface area contributed by atoms with Crippen molar-refractivity contribution >= 4 is 5.69 Å². The Bertz CT molecular complexity index is 352. The van der Waals surface area contributed by atoms with Crippen molar-refractivity contribution in [1.82, 2.24) is 0 Å². The van der Waals surface area contributed by atoms with Crippen molar-refractivity contribution in [3.05, 3.63) is 29.3 Å². The lowest BCUT2D eigenvalue weighted by Crippen LogP contribution is -2.32. The lowest BCUT2D eigenvalue weighted by Gasteiger charge is -2.28. The second-order valence-corrected chi connectivity index (χ2v) is 5.07. The highest BCUT2D eigenvalue weighted by Gasteiger charge is 2.18. The largest absolute Gasteiger partial charge is 0.382 e. The lowest BCUT2D eigenvalue weighted by atomic mass is 9.91. The third-order valence-corrected chi connectivity index (χ3v) is 3.52. The van der Waals surface area contributed by atoms with Gasteiger partial charge in [0.25, 0.3) is 0 Å². The van der Waals surface area contributed by atoms with Gasteiger partial charge in [0, 0.05) is 17.8 Å². The molecule has 0 atom stereocenters. The number of anilines is 1. The van der Waals surface area contributed by atoms with Crippen LogP contribution < -0.4 is 11.1 Å². The maximum Gasteiger partial charge on any atom is 0.0374 e. The monoisotopic (exact) mass is 218 g/mol. The summed E-state index contributed by atoms with van der Waals surface area (Å²) in [6.45, 7) is 4.30. The number of benzene rings is 1. The molecule has 0 aromatic heterocycles. The van der Waals surface area contributed by atoms with Gasteiger partial charge in [-0.25, -0.2) is 0 Å².